The summed E-state index contributed by atoms with van der Waals surface area (Å²) < 4.78 is 36.6. The average molecular weight is 354 g/mol. The van der Waals surface area contributed by atoms with Crippen LogP contribution >= 0.6 is 24.8 Å². The molecule has 1 saturated heterocycles. The molecule has 1 aliphatic rings. The number of halogens is 5. The fourth-order valence-corrected chi connectivity index (χ4v) is 2.25. The molecule has 0 unspecified atom stereocenters. The molecule has 4 nitrogen and oxygen atoms in total. The first-order valence-electron chi connectivity index (χ1n) is 6.60. The average Bonchev–Trinajstić information content (AvgIpc) is 2.29. The minimum Gasteiger partial charge on any atom is -0.355 e. The lowest BCUT2D eigenvalue weighted by Gasteiger charge is -2.32. The van der Waals surface area contributed by atoms with Gasteiger partial charge in [-0.05, 0) is 45.2 Å². The Morgan fingerprint density at radius 3 is 2.29 bits per heavy atom. The van der Waals surface area contributed by atoms with Crippen LogP contribution in [0.5, 0.6) is 0 Å². The van der Waals surface area contributed by atoms with Gasteiger partial charge in [-0.15, -0.1) is 24.8 Å². The molecule has 3 N–H and O–H groups in total. The van der Waals surface area contributed by atoms with Gasteiger partial charge in [-0.1, -0.05) is 0 Å². The number of carbonyl (C=O) groups is 1. The molecule has 0 radical (unpaired) electrons. The Morgan fingerprint density at radius 2 is 1.86 bits per heavy atom. The Morgan fingerprint density at radius 1 is 1.33 bits per heavy atom. The van der Waals surface area contributed by atoms with E-state index in [2.05, 4.69) is 5.32 Å². The van der Waals surface area contributed by atoms with E-state index in [-0.39, 0.29) is 30.7 Å². The number of hydrogen-bond acceptors (Lipinski definition) is 3. The van der Waals surface area contributed by atoms with Crippen molar-refractivity contribution in [1.82, 2.24) is 10.2 Å². The number of rotatable bonds is 5. The van der Waals surface area contributed by atoms with Gasteiger partial charge < -0.3 is 11.1 Å². The van der Waals surface area contributed by atoms with Crippen molar-refractivity contribution < 1.29 is 18.0 Å². The van der Waals surface area contributed by atoms with Crippen LogP contribution in [0.3, 0.4) is 0 Å². The maximum atomic E-state index is 12.2. The summed E-state index contributed by atoms with van der Waals surface area (Å²) in [5, 5.41) is 2.72. The van der Waals surface area contributed by atoms with Crippen LogP contribution in [-0.4, -0.2) is 49.2 Å². The highest BCUT2D eigenvalue weighted by atomic mass is 35.5. The van der Waals surface area contributed by atoms with E-state index in [1.54, 1.807) is 6.92 Å². The van der Waals surface area contributed by atoms with Gasteiger partial charge in [-0.25, -0.2) is 0 Å². The first kappa shape index (κ1) is 23.0. The molecule has 1 rings (SSSR count). The lowest BCUT2D eigenvalue weighted by molar-refractivity contribution is -0.148. The topological polar surface area (TPSA) is 58.4 Å². The van der Waals surface area contributed by atoms with Gasteiger partial charge in [0.15, 0.2) is 0 Å². The molecule has 21 heavy (non-hydrogen) atoms. The third kappa shape index (κ3) is 10.2. The summed E-state index contributed by atoms with van der Waals surface area (Å²) in [6.07, 6.45) is -1.80. The number of alkyl halides is 3. The van der Waals surface area contributed by atoms with Crippen LogP contribution < -0.4 is 11.1 Å². The van der Waals surface area contributed by atoms with Gasteiger partial charge in [0.25, 0.3) is 0 Å². The van der Waals surface area contributed by atoms with E-state index in [1.807, 2.05) is 0 Å². The molecular weight excluding hydrogens is 330 g/mol. The van der Waals surface area contributed by atoms with Crippen molar-refractivity contribution in [2.75, 3.05) is 26.2 Å². The Labute approximate surface area is 135 Å². The molecule has 0 bridgehead atoms. The second kappa shape index (κ2) is 10.5. The number of hydrogen-bond donors (Lipinski definition) is 2. The summed E-state index contributed by atoms with van der Waals surface area (Å²) in [4.78, 5) is 12.7. The molecule has 0 saturated carbocycles. The normalized spacial score (nSPS) is 18.3. The molecule has 0 aromatic heterocycles. The molecule has 1 fully saturated rings. The fourth-order valence-electron chi connectivity index (χ4n) is 2.25. The number of nitrogens with two attached hydrogens (primary N) is 1. The van der Waals surface area contributed by atoms with Gasteiger partial charge in [-0.3, -0.25) is 9.69 Å². The van der Waals surface area contributed by atoms with Crippen molar-refractivity contribution in [2.45, 2.75) is 38.4 Å². The van der Waals surface area contributed by atoms with Gasteiger partial charge in [0.1, 0.15) is 0 Å². The van der Waals surface area contributed by atoms with E-state index < -0.39 is 18.8 Å². The summed E-state index contributed by atoms with van der Waals surface area (Å²) in [6, 6.07) is -0.520. The van der Waals surface area contributed by atoms with E-state index in [9.17, 15) is 18.0 Å². The molecule has 128 valence electrons. The molecular formula is C12H24Cl2F3N3O. The molecule has 0 aromatic rings. The Balaban J connectivity index is 0. The first-order chi connectivity index (χ1) is 8.78. The molecule has 1 atom stereocenters. The van der Waals surface area contributed by atoms with Crippen LogP contribution in [0.1, 0.15) is 26.2 Å². The number of nitrogens with one attached hydrogen (secondary N) is 1. The van der Waals surface area contributed by atoms with Crippen LogP contribution in [0.25, 0.3) is 0 Å². The van der Waals surface area contributed by atoms with Crippen molar-refractivity contribution in [3.05, 3.63) is 0 Å². The van der Waals surface area contributed by atoms with Crippen LogP contribution in [0.15, 0.2) is 0 Å². The van der Waals surface area contributed by atoms with E-state index >= 15 is 0 Å². The predicted molar refractivity (Wildman–Crippen MR) is 81.0 cm³/mol. The predicted octanol–water partition coefficient (Wildman–Crippen LogP) is 1.96. The van der Waals surface area contributed by atoms with Crippen LogP contribution in [0.4, 0.5) is 13.2 Å². The van der Waals surface area contributed by atoms with Crippen molar-refractivity contribution in [3.8, 4) is 0 Å². The molecule has 1 amide bonds. The van der Waals surface area contributed by atoms with Crippen molar-refractivity contribution in [2.24, 2.45) is 11.7 Å². The van der Waals surface area contributed by atoms with E-state index in [1.165, 1.54) is 4.90 Å². The number of likely N-dealkylation sites (tertiary alicyclic amines) is 1. The quantitative estimate of drug-likeness (QED) is 0.794. The highest BCUT2D eigenvalue weighted by Gasteiger charge is 2.32. The minimum atomic E-state index is -4.11. The smallest absolute Gasteiger partial charge is 0.355 e. The van der Waals surface area contributed by atoms with Crippen LogP contribution in [-0.2, 0) is 4.79 Å². The monoisotopic (exact) mass is 353 g/mol. The number of nitrogens with zero attached hydrogens (tertiary/aromatic N) is 1. The SMILES string of the molecule is C[C@@H](N)C(=O)NCCC1CCN(CC(F)(F)F)CC1.Cl.Cl. The second-order valence-electron chi connectivity index (χ2n) is 5.20. The fraction of sp³-hybridized carbons (Fsp3) is 0.917. The zero-order chi connectivity index (χ0) is 14.5. The van der Waals surface area contributed by atoms with E-state index in [0.717, 1.165) is 19.3 Å². The second-order valence-corrected chi connectivity index (χ2v) is 5.20. The van der Waals surface area contributed by atoms with E-state index in [4.69, 9.17) is 5.73 Å². The molecule has 0 aliphatic carbocycles. The lowest BCUT2D eigenvalue weighted by atomic mass is 9.93. The number of amides is 1. The van der Waals surface area contributed by atoms with Gasteiger partial charge in [0, 0.05) is 6.54 Å². The third-order valence-electron chi connectivity index (χ3n) is 3.38. The Kier molecular flexibility index (Phi) is 11.5. The van der Waals surface area contributed by atoms with Crippen molar-refractivity contribution >= 4 is 30.7 Å². The maximum absolute atomic E-state index is 12.2. The Hall–Kier alpha value is -0.240. The zero-order valence-electron chi connectivity index (χ0n) is 12.0. The number of carbonyl (C=O) groups excluding carboxylic acids is 1. The summed E-state index contributed by atoms with van der Waals surface area (Å²) in [5.74, 6) is 0.201. The molecule has 1 aliphatic heterocycles. The van der Waals surface area contributed by atoms with Crippen molar-refractivity contribution in [3.63, 3.8) is 0 Å². The zero-order valence-corrected chi connectivity index (χ0v) is 13.6. The molecule has 1 heterocycles. The van der Waals surface area contributed by atoms with Gasteiger partial charge in [-0.2, -0.15) is 13.2 Å². The first-order valence-corrected chi connectivity index (χ1v) is 6.60. The summed E-state index contributed by atoms with van der Waals surface area (Å²) in [7, 11) is 0. The highest BCUT2D eigenvalue weighted by molar-refractivity contribution is 5.85. The maximum Gasteiger partial charge on any atom is 0.401 e. The van der Waals surface area contributed by atoms with Gasteiger partial charge in [0.2, 0.25) is 5.91 Å². The van der Waals surface area contributed by atoms with E-state index in [0.29, 0.717) is 25.6 Å². The third-order valence-corrected chi connectivity index (χ3v) is 3.38. The van der Waals surface area contributed by atoms with Gasteiger partial charge >= 0.3 is 6.18 Å². The Bertz CT molecular complexity index is 296. The van der Waals surface area contributed by atoms with Crippen LogP contribution in [0.2, 0.25) is 0 Å². The summed E-state index contributed by atoms with van der Waals surface area (Å²) in [6.45, 7) is 2.30. The molecule has 0 aromatic carbocycles. The molecule has 9 heteroatoms. The summed E-state index contributed by atoms with van der Waals surface area (Å²) in [5.41, 5.74) is 5.41. The standard InChI is InChI=1S/C12H22F3N3O.2ClH/c1-9(16)11(19)17-5-2-10-3-6-18(7-4-10)8-12(13,14)15;;/h9-10H,2-8,16H2,1H3,(H,17,19);2*1H/t9-;;/m1../s1. The minimum absolute atomic E-state index is 0. The summed E-state index contributed by atoms with van der Waals surface area (Å²) >= 11 is 0. The number of piperidine rings is 1. The lowest BCUT2D eigenvalue weighted by Crippen LogP contribution is -2.41. The van der Waals surface area contributed by atoms with Gasteiger partial charge in [0.05, 0.1) is 12.6 Å². The van der Waals surface area contributed by atoms with Crippen LogP contribution in [0, 0.1) is 5.92 Å². The largest absolute Gasteiger partial charge is 0.401 e. The highest BCUT2D eigenvalue weighted by Crippen LogP contribution is 2.23. The molecule has 0 spiro atoms. The van der Waals surface area contributed by atoms with Crippen molar-refractivity contribution in [1.29, 1.82) is 0 Å².